The first-order chi connectivity index (χ1) is 36.5. The standard InChI is InChI=1S/C71H70F2O4.2CH3.Hf/c1-68(2,3)42-70(7,8)48-36-58(66(74)60(38-48)64-52-24-15-11-20-44(52)34-45-21-12-16-25-53(45)64)56-40-50(72)28-30-62(56)76-32-19-33-77-63-31-29-51(73)41-57(63)59-37-49(71(9,10)43-69(4,5)6)39-61(67(59)75)65-54-26-17-13-22-46(54)35-47-23-14-18-27-55(47)65;;;/h11-18,20-31,34-41,74-75H,19,32-33,42-43H2,1-10H3;2*1H3;/q;2*-1;/p+2. The van der Waals surface area contributed by atoms with Crippen molar-refractivity contribution in [1.82, 2.24) is 0 Å². The van der Waals surface area contributed by atoms with E-state index in [1.165, 1.54) is 24.3 Å². The van der Waals surface area contributed by atoms with Crippen molar-refractivity contribution >= 4 is 43.1 Å². The molecule has 80 heavy (non-hydrogen) atoms. The molecule has 0 aliphatic heterocycles. The van der Waals surface area contributed by atoms with E-state index in [1.807, 2.05) is 60.7 Å². The molecule has 0 radical (unpaired) electrons. The summed E-state index contributed by atoms with van der Waals surface area (Å²) in [5, 5.41) is 33.7. The molecule has 10 aromatic carbocycles. The van der Waals surface area contributed by atoms with Crippen LogP contribution in [0.5, 0.6) is 23.0 Å². The summed E-state index contributed by atoms with van der Waals surface area (Å²) in [7, 11) is 0. The zero-order valence-electron chi connectivity index (χ0n) is 48.7. The molecule has 4 N–H and O–H groups in total. The molecule has 412 valence electrons. The number of rotatable bonds is 14. The Bertz CT molecular complexity index is 3520. The number of phenols is 2. The monoisotopic (exact) mass is 1240 g/mol. The second kappa shape index (κ2) is 23.7. The second-order valence-electron chi connectivity index (χ2n) is 24.9. The predicted molar refractivity (Wildman–Crippen MR) is 333 cm³/mol. The van der Waals surface area contributed by atoms with Gasteiger partial charge in [-0.3, -0.25) is 0 Å². The van der Waals surface area contributed by atoms with E-state index in [2.05, 4.69) is 142 Å². The summed E-state index contributed by atoms with van der Waals surface area (Å²) in [5.41, 5.74) is 6.65. The van der Waals surface area contributed by atoms with E-state index in [-0.39, 0.29) is 73.9 Å². The van der Waals surface area contributed by atoms with E-state index in [1.54, 1.807) is 12.1 Å². The summed E-state index contributed by atoms with van der Waals surface area (Å²) in [6.45, 7) is 23.1. The summed E-state index contributed by atoms with van der Waals surface area (Å²) in [5.74, 6) is 0.370. The molecule has 0 heterocycles. The molecule has 0 amide bonds. The van der Waals surface area contributed by atoms with Gasteiger partial charge in [-0.05, 0) is 149 Å². The van der Waals surface area contributed by atoms with Crippen LogP contribution in [0.4, 0.5) is 8.78 Å². The fourth-order valence-electron chi connectivity index (χ4n) is 12.5. The van der Waals surface area contributed by atoms with Crippen LogP contribution in [0.25, 0.3) is 87.6 Å². The van der Waals surface area contributed by atoms with Gasteiger partial charge in [0.25, 0.3) is 11.5 Å². The molecule has 0 aliphatic carbocycles. The SMILES string of the molecule is CC(C)(C)CC(C)(C)c1cc(-c2cc(F)ccc2[OH+]CCC[OH+]c2ccc(F)cc2-c2cc(C(C)(C)CC(C)(C)C)cc(-c3c4ccccc4cc4ccccc34)c2O)c(O)c(-c2c3ccccc3cc3ccccc23)c1.[CH3-].[CH3-].[Hf]. The van der Waals surface area contributed by atoms with Crippen molar-refractivity contribution < 1.29 is 54.3 Å². The quantitative estimate of drug-likeness (QED) is 0.0375. The van der Waals surface area contributed by atoms with Crippen LogP contribution in [0.2, 0.25) is 0 Å². The number of hydrogen-bond donors (Lipinski definition) is 2. The summed E-state index contributed by atoms with van der Waals surface area (Å²) in [4.78, 5) is 0. The van der Waals surface area contributed by atoms with Crippen molar-refractivity contribution in [3.05, 3.63) is 207 Å². The van der Waals surface area contributed by atoms with Crippen LogP contribution in [-0.4, -0.2) is 32.9 Å². The largest absolute Gasteiger partial charge is 0.582 e. The van der Waals surface area contributed by atoms with E-state index in [0.717, 1.165) is 78.2 Å². The molecule has 4 nitrogen and oxygen atoms in total. The molecule has 0 saturated carbocycles. The molecule has 0 spiro atoms. The van der Waals surface area contributed by atoms with Gasteiger partial charge in [0.05, 0.1) is 11.1 Å². The fraction of sp³-hybridized carbons (Fsp3) is 0.260. The molecule has 7 heteroatoms. The number of halogens is 2. The Morgan fingerprint density at radius 3 is 0.988 bits per heavy atom. The van der Waals surface area contributed by atoms with E-state index in [4.69, 9.17) is 9.47 Å². The first kappa shape index (κ1) is 60.8. The molecule has 10 aromatic rings. The average molecular weight is 1240 g/mol. The van der Waals surface area contributed by atoms with Gasteiger partial charge in [-0.2, -0.15) is 0 Å². The summed E-state index contributed by atoms with van der Waals surface area (Å²) in [6.07, 6.45) is 2.24. The third-order valence-corrected chi connectivity index (χ3v) is 15.2. The maximum Gasteiger partial charge on any atom is 0.262 e. The Balaban J connectivity index is 0.00000308. The van der Waals surface area contributed by atoms with Crippen molar-refractivity contribution in [3.63, 3.8) is 0 Å². The molecular weight excluding hydrogens is 1160 g/mol. The van der Waals surface area contributed by atoms with Gasteiger partial charge in [-0.25, -0.2) is 8.78 Å². The number of phenolic OH excluding ortho intramolecular Hbond substituents is 2. The van der Waals surface area contributed by atoms with Gasteiger partial charge in [-0.1, -0.05) is 166 Å². The molecule has 0 bridgehead atoms. The third kappa shape index (κ3) is 12.5. The van der Waals surface area contributed by atoms with Gasteiger partial charge in [-0.15, -0.1) is 0 Å². The molecule has 0 aromatic heterocycles. The number of fused-ring (bicyclic) bond motifs is 4. The van der Waals surface area contributed by atoms with Crippen LogP contribution >= 0.6 is 0 Å². The van der Waals surface area contributed by atoms with E-state index < -0.39 is 11.6 Å². The Kier molecular flexibility index (Phi) is 18.0. The average Bonchev–Trinajstić information content (AvgIpc) is 3.39. The summed E-state index contributed by atoms with van der Waals surface area (Å²) < 4.78 is 41.5. The van der Waals surface area contributed by atoms with Gasteiger partial charge in [0.2, 0.25) is 0 Å². The van der Waals surface area contributed by atoms with Crippen molar-refractivity contribution in [2.24, 2.45) is 10.8 Å². The molecule has 0 fully saturated rings. The Labute approximate surface area is 492 Å². The van der Waals surface area contributed by atoms with E-state index in [0.29, 0.717) is 64.5 Å². The molecule has 0 saturated heterocycles. The van der Waals surface area contributed by atoms with Crippen molar-refractivity contribution in [3.8, 4) is 67.5 Å². The van der Waals surface area contributed by atoms with Crippen LogP contribution in [-0.2, 0) is 36.7 Å². The van der Waals surface area contributed by atoms with Crippen molar-refractivity contribution in [2.45, 2.75) is 99.3 Å². The second-order valence-corrected chi connectivity index (χ2v) is 24.9. The minimum atomic E-state index is -0.431. The maximum absolute atomic E-state index is 15.7. The van der Waals surface area contributed by atoms with Crippen LogP contribution < -0.4 is 0 Å². The zero-order valence-corrected chi connectivity index (χ0v) is 52.3. The Morgan fingerprint density at radius 1 is 0.375 bits per heavy atom. The molecule has 0 atom stereocenters. The first-order valence-electron chi connectivity index (χ1n) is 27.1. The third-order valence-electron chi connectivity index (χ3n) is 15.2. The van der Waals surface area contributed by atoms with E-state index in [9.17, 15) is 10.2 Å². The van der Waals surface area contributed by atoms with Crippen LogP contribution in [0.1, 0.15) is 99.6 Å². The number of hydrogen-bond acceptors (Lipinski definition) is 2. The topological polar surface area (TPSA) is 66.1 Å². The maximum atomic E-state index is 15.7. The number of aromatic hydroxyl groups is 4. The first-order valence-corrected chi connectivity index (χ1v) is 27.1. The van der Waals surface area contributed by atoms with Crippen molar-refractivity contribution in [2.75, 3.05) is 13.2 Å². The molecule has 0 aliphatic rings. The molecule has 10 rings (SSSR count). The normalized spacial score (nSPS) is 12.1. The number of benzene rings is 10. The minimum absolute atomic E-state index is 0. The molecule has 0 unspecified atom stereocenters. The smallest absolute Gasteiger partial charge is 0.262 e. The van der Waals surface area contributed by atoms with Gasteiger partial charge in [0.15, 0.2) is 13.2 Å². The van der Waals surface area contributed by atoms with Gasteiger partial charge in [0, 0.05) is 71.4 Å². The Hall–Kier alpha value is -6.83. The van der Waals surface area contributed by atoms with Crippen LogP contribution in [0.3, 0.4) is 0 Å². The minimum Gasteiger partial charge on any atom is -0.582 e. The zero-order chi connectivity index (χ0) is 54.6. The predicted octanol–water partition coefficient (Wildman–Crippen LogP) is 20.6. The van der Waals surface area contributed by atoms with Crippen molar-refractivity contribution in [1.29, 1.82) is 0 Å². The summed E-state index contributed by atoms with van der Waals surface area (Å²) in [6, 6.07) is 54.9. The van der Waals surface area contributed by atoms with E-state index >= 15 is 8.78 Å². The van der Waals surface area contributed by atoms with Crippen LogP contribution in [0.15, 0.2) is 170 Å². The van der Waals surface area contributed by atoms with Crippen LogP contribution in [0, 0.1) is 37.3 Å². The number of aliphatic hydroxyl groups is 2. The van der Waals surface area contributed by atoms with Gasteiger partial charge < -0.3 is 34.5 Å². The number of ether oxygens (including phenoxy) is 2. The Morgan fingerprint density at radius 2 is 0.675 bits per heavy atom. The fourth-order valence-corrected chi connectivity index (χ4v) is 12.5. The van der Waals surface area contributed by atoms with Gasteiger partial charge in [0.1, 0.15) is 29.6 Å². The van der Waals surface area contributed by atoms with Gasteiger partial charge >= 0.3 is 0 Å². The summed E-state index contributed by atoms with van der Waals surface area (Å²) >= 11 is 0. The molecular formula is C73H78F2HfO4.